The van der Waals surface area contributed by atoms with Crippen molar-refractivity contribution >= 4 is 11.9 Å². The van der Waals surface area contributed by atoms with E-state index in [2.05, 4.69) is 43.0 Å². The lowest BCUT2D eigenvalue weighted by Crippen LogP contribution is -2.38. The van der Waals surface area contributed by atoms with Crippen LogP contribution in [-0.2, 0) is 0 Å². The molecule has 19 heavy (non-hydrogen) atoms. The van der Waals surface area contributed by atoms with Gasteiger partial charge >= 0.3 is 0 Å². The van der Waals surface area contributed by atoms with Crippen molar-refractivity contribution in [1.82, 2.24) is 15.1 Å². The van der Waals surface area contributed by atoms with Crippen LogP contribution in [0.5, 0.6) is 0 Å². The molecule has 0 aliphatic rings. The van der Waals surface area contributed by atoms with E-state index < -0.39 is 0 Å². The Morgan fingerprint density at radius 2 is 1.47 bits per heavy atom. The fourth-order valence-corrected chi connectivity index (χ4v) is 1.39. The van der Waals surface area contributed by atoms with Gasteiger partial charge < -0.3 is 15.1 Å². The molecule has 0 aliphatic carbocycles. The lowest BCUT2D eigenvalue weighted by Gasteiger charge is -2.23. The highest BCUT2D eigenvalue weighted by molar-refractivity contribution is 5.94. The van der Waals surface area contributed by atoms with Gasteiger partial charge in [-0.3, -0.25) is 4.99 Å². The molecule has 0 saturated heterocycles. The Kier molecular flexibility index (Phi) is 8.19. The van der Waals surface area contributed by atoms with E-state index in [-0.39, 0.29) is 0 Å². The molecule has 1 N–H and O–H groups in total. The van der Waals surface area contributed by atoms with Gasteiger partial charge in [-0.1, -0.05) is 27.7 Å². The predicted molar refractivity (Wildman–Crippen MR) is 84.8 cm³/mol. The van der Waals surface area contributed by atoms with Crippen molar-refractivity contribution in [3.63, 3.8) is 0 Å². The molecular formula is C14H31N5. The molecule has 0 atom stereocenters. The SMILES string of the molecule is CC(C)C/N=C(\N=C(N(C)C)N(C)C)NCC(C)C. The Morgan fingerprint density at radius 1 is 0.947 bits per heavy atom. The summed E-state index contributed by atoms with van der Waals surface area (Å²) in [5.41, 5.74) is 0. The van der Waals surface area contributed by atoms with Gasteiger partial charge in [0.2, 0.25) is 11.9 Å². The maximum Gasteiger partial charge on any atom is 0.221 e. The van der Waals surface area contributed by atoms with Crippen LogP contribution in [0, 0.1) is 11.8 Å². The Balaban J connectivity index is 4.99. The summed E-state index contributed by atoms with van der Waals surface area (Å²) in [5.74, 6) is 2.72. The maximum absolute atomic E-state index is 4.63. The monoisotopic (exact) mass is 269 g/mol. The molecule has 0 aliphatic heterocycles. The number of hydrogen-bond donors (Lipinski definition) is 1. The smallest absolute Gasteiger partial charge is 0.221 e. The van der Waals surface area contributed by atoms with E-state index in [0.29, 0.717) is 11.8 Å². The Labute approximate surface area is 118 Å². The minimum absolute atomic E-state index is 0.535. The zero-order valence-corrected chi connectivity index (χ0v) is 13.9. The summed E-state index contributed by atoms with van der Waals surface area (Å²) in [5, 5.41) is 3.32. The predicted octanol–water partition coefficient (Wildman–Crippen LogP) is 1.72. The van der Waals surface area contributed by atoms with Crippen molar-refractivity contribution in [2.24, 2.45) is 21.8 Å². The first-order valence-corrected chi connectivity index (χ1v) is 6.95. The van der Waals surface area contributed by atoms with Gasteiger partial charge in [0.1, 0.15) is 0 Å². The fraction of sp³-hybridized carbons (Fsp3) is 0.857. The van der Waals surface area contributed by atoms with Gasteiger partial charge in [-0.2, -0.15) is 4.99 Å². The molecule has 0 bridgehead atoms. The van der Waals surface area contributed by atoms with Crippen LogP contribution in [0.2, 0.25) is 0 Å². The topological polar surface area (TPSA) is 43.2 Å². The second kappa shape index (κ2) is 8.77. The van der Waals surface area contributed by atoms with Crippen molar-refractivity contribution in [2.75, 3.05) is 41.3 Å². The number of nitrogens with zero attached hydrogens (tertiary/aromatic N) is 4. The van der Waals surface area contributed by atoms with Crippen LogP contribution in [0.3, 0.4) is 0 Å². The van der Waals surface area contributed by atoms with Crippen LogP contribution in [-0.4, -0.2) is 63.0 Å². The number of nitrogens with one attached hydrogen (secondary N) is 1. The van der Waals surface area contributed by atoms with E-state index >= 15 is 0 Å². The Hall–Kier alpha value is -1.26. The molecule has 0 aromatic rings. The minimum atomic E-state index is 0.535. The molecule has 0 radical (unpaired) electrons. The van der Waals surface area contributed by atoms with Gasteiger partial charge in [0.05, 0.1) is 0 Å². The third kappa shape index (κ3) is 8.46. The average molecular weight is 269 g/mol. The second-order valence-corrected chi connectivity index (χ2v) is 6.03. The van der Waals surface area contributed by atoms with Crippen LogP contribution in [0.15, 0.2) is 9.98 Å². The quantitative estimate of drug-likeness (QED) is 0.624. The highest BCUT2D eigenvalue weighted by Gasteiger charge is 2.07. The van der Waals surface area contributed by atoms with Gasteiger partial charge in [-0.25, -0.2) is 0 Å². The van der Waals surface area contributed by atoms with E-state index in [4.69, 9.17) is 0 Å². The zero-order chi connectivity index (χ0) is 15.0. The molecule has 0 fully saturated rings. The van der Waals surface area contributed by atoms with Crippen molar-refractivity contribution in [3.05, 3.63) is 0 Å². The van der Waals surface area contributed by atoms with Crippen molar-refractivity contribution in [1.29, 1.82) is 0 Å². The molecule has 0 unspecified atom stereocenters. The molecular weight excluding hydrogens is 238 g/mol. The van der Waals surface area contributed by atoms with Gasteiger partial charge in [-0.05, 0) is 11.8 Å². The summed E-state index contributed by atoms with van der Waals surface area (Å²) < 4.78 is 0. The highest BCUT2D eigenvalue weighted by Crippen LogP contribution is 1.96. The van der Waals surface area contributed by atoms with E-state index in [1.165, 1.54) is 0 Å². The zero-order valence-electron chi connectivity index (χ0n) is 13.9. The summed E-state index contributed by atoms with van der Waals surface area (Å²) in [7, 11) is 7.95. The first-order chi connectivity index (χ1) is 8.73. The molecule has 0 aromatic carbocycles. The van der Waals surface area contributed by atoms with Gasteiger partial charge in [-0.15, -0.1) is 0 Å². The van der Waals surface area contributed by atoms with Crippen LogP contribution in [0.25, 0.3) is 0 Å². The Bertz CT molecular complexity index is 293. The van der Waals surface area contributed by atoms with Crippen LogP contribution in [0.1, 0.15) is 27.7 Å². The summed E-state index contributed by atoms with van der Waals surface area (Å²) >= 11 is 0. The molecule has 0 amide bonds. The maximum atomic E-state index is 4.63. The highest BCUT2D eigenvalue weighted by atomic mass is 15.4. The van der Waals surface area contributed by atoms with Crippen molar-refractivity contribution in [3.8, 4) is 0 Å². The molecule has 5 heteroatoms. The number of rotatable bonds is 4. The molecule has 0 spiro atoms. The minimum Gasteiger partial charge on any atom is -0.354 e. The first kappa shape index (κ1) is 17.7. The Morgan fingerprint density at radius 3 is 1.84 bits per heavy atom. The summed E-state index contributed by atoms with van der Waals surface area (Å²) in [4.78, 5) is 13.2. The number of aliphatic imine (C=N–C) groups is 2. The number of hydrogen-bond acceptors (Lipinski definition) is 1. The van der Waals surface area contributed by atoms with Crippen LogP contribution < -0.4 is 5.32 Å². The summed E-state index contributed by atoms with van der Waals surface area (Å²) in [6.07, 6.45) is 0. The third-order valence-electron chi connectivity index (χ3n) is 2.28. The van der Waals surface area contributed by atoms with Gasteiger partial charge in [0, 0.05) is 41.3 Å². The normalized spacial score (nSPS) is 11.8. The average Bonchev–Trinajstić information content (AvgIpc) is 2.26. The van der Waals surface area contributed by atoms with Gasteiger partial charge in [0.25, 0.3) is 0 Å². The first-order valence-electron chi connectivity index (χ1n) is 6.95. The van der Waals surface area contributed by atoms with Crippen molar-refractivity contribution in [2.45, 2.75) is 27.7 Å². The van der Waals surface area contributed by atoms with Gasteiger partial charge in [0.15, 0.2) is 0 Å². The second-order valence-electron chi connectivity index (χ2n) is 6.03. The molecule has 5 nitrogen and oxygen atoms in total. The number of guanidine groups is 2. The summed E-state index contributed by atoms with van der Waals surface area (Å²) in [6, 6.07) is 0. The van der Waals surface area contributed by atoms with E-state index in [0.717, 1.165) is 25.0 Å². The largest absolute Gasteiger partial charge is 0.354 e. The van der Waals surface area contributed by atoms with E-state index in [1.807, 2.05) is 38.0 Å². The molecule has 0 rings (SSSR count). The fourth-order valence-electron chi connectivity index (χ4n) is 1.39. The van der Waals surface area contributed by atoms with Crippen molar-refractivity contribution < 1.29 is 0 Å². The third-order valence-corrected chi connectivity index (χ3v) is 2.28. The molecule has 112 valence electrons. The molecule has 0 aromatic heterocycles. The van der Waals surface area contributed by atoms with E-state index in [9.17, 15) is 0 Å². The molecule has 0 saturated carbocycles. The van der Waals surface area contributed by atoms with Crippen LogP contribution in [0.4, 0.5) is 0 Å². The summed E-state index contributed by atoms with van der Waals surface area (Å²) in [6.45, 7) is 10.3. The molecule has 0 heterocycles. The van der Waals surface area contributed by atoms with E-state index in [1.54, 1.807) is 0 Å². The standard InChI is InChI=1S/C14H31N5/c1-11(2)9-15-13(16-10-12(3)4)17-14(18(5)6)19(7)8/h11-12H,9-10H2,1-8H3,(H,15,16). The van der Waals surface area contributed by atoms with Crippen LogP contribution >= 0.6 is 0 Å². The lowest BCUT2D eigenvalue weighted by molar-refractivity contribution is 0.484. The lowest BCUT2D eigenvalue weighted by atomic mass is 10.2.